The SMILES string of the molecule is CCn1nc(C)cc1CC(CC(F)(F)F)NN. The third-order valence-electron chi connectivity index (χ3n) is 2.45. The number of hydrogen-bond donors (Lipinski definition) is 2. The molecule has 0 bridgehead atoms. The van der Waals surface area contributed by atoms with Crippen LogP contribution < -0.4 is 11.3 Å². The van der Waals surface area contributed by atoms with E-state index in [-0.39, 0.29) is 6.42 Å². The highest BCUT2D eigenvalue weighted by Gasteiger charge is 2.31. The monoisotopic (exact) mass is 250 g/mol. The maximum atomic E-state index is 12.3. The molecule has 1 heterocycles. The number of halogens is 3. The van der Waals surface area contributed by atoms with Crippen molar-refractivity contribution < 1.29 is 13.2 Å². The molecule has 1 atom stereocenters. The van der Waals surface area contributed by atoms with E-state index in [4.69, 9.17) is 5.84 Å². The second kappa shape index (κ2) is 5.50. The number of alkyl halides is 3. The van der Waals surface area contributed by atoms with Gasteiger partial charge >= 0.3 is 6.18 Å². The lowest BCUT2D eigenvalue weighted by Crippen LogP contribution is -2.40. The fourth-order valence-electron chi connectivity index (χ4n) is 1.76. The van der Waals surface area contributed by atoms with Crippen LogP contribution in [0.15, 0.2) is 6.07 Å². The van der Waals surface area contributed by atoms with Gasteiger partial charge in [0.25, 0.3) is 0 Å². The Hall–Kier alpha value is -1.08. The highest BCUT2D eigenvalue weighted by molar-refractivity contribution is 5.10. The summed E-state index contributed by atoms with van der Waals surface area (Å²) in [5.74, 6) is 5.15. The lowest BCUT2D eigenvalue weighted by molar-refractivity contribution is -0.140. The minimum atomic E-state index is -4.22. The fraction of sp³-hybridized carbons (Fsp3) is 0.700. The zero-order chi connectivity index (χ0) is 13.1. The van der Waals surface area contributed by atoms with Crippen molar-refractivity contribution in [3.8, 4) is 0 Å². The molecule has 0 saturated heterocycles. The van der Waals surface area contributed by atoms with Crippen molar-refractivity contribution in [2.45, 2.75) is 45.5 Å². The normalized spacial score (nSPS) is 14.0. The molecule has 17 heavy (non-hydrogen) atoms. The predicted molar refractivity (Wildman–Crippen MR) is 58.1 cm³/mol. The summed E-state index contributed by atoms with van der Waals surface area (Å²) in [7, 11) is 0. The van der Waals surface area contributed by atoms with Gasteiger partial charge in [-0.05, 0) is 19.9 Å². The summed E-state index contributed by atoms with van der Waals surface area (Å²) >= 11 is 0. The molecule has 7 heteroatoms. The van der Waals surface area contributed by atoms with Crippen molar-refractivity contribution in [2.75, 3.05) is 0 Å². The van der Waals surface area contributed by atoms with Crippen LogP contribution in [0.5, 0.6) is 0 Å². The van der Waals surface area contributed by atoms with Crippen LogP contribution in [0.4, 0.5) is 13.2 Å². The van der Waals surface area contributed by atoms with Crippen molar-refractivity contribution in [2.24, 2.45) is 5.84 Å². The Morgan fingerprint density at radius 2 is 2.18 bits per heavy atom. The molecule has 0 saturated carbocycles. The van der Waals surface area contributed by atoms with Gasteiger partial charge in [0.2, 0.25) is 0 Å². The lowest BCUT2D eigenvalue weighted by Gasteiger charge is -2.17. The molecule has 4 nitrogen and oxygen atoms in total. The van der Waals surface area contributed by atoms with Crippen LogP contribution in [0.3, 0.4) is 0 Å². The Morgan fingerprint density at radius 1 is 1.53 bits per heavy atom. The fourth-order valence-corrected chi connectivity index (χ4v) is 1.76. The first-order valence-electron chi connectivity index (χ1n) is 5.42. The average molecular weight is 250 g/mol. The van der Waals surface area contributed by atoms with Crippen molar-refractivity contribution in [3.05, 3.63) is 17.5 Å². The van der Waals surface area contributed by atoms with Gasteiger partial charge in [0, 0.05) is 24.7 Å². The summed E-state index contributed by atoms with van der Waals surface area (Å²) in [4.78, 5) is 0. The van der Waals surface area contributed by atoms with Gasteiger partial charge in [-0.15, -0.1) is 0 Å². The summed E-state index contributed by atoms with van der Waals surface area (Å²) in [6.07, 6.45) is -4.95. The molecule has 1 rings (SSSR count). The first-order chi connectivity index (χ1) is 7.85. The van der Waals surface area contributed by atoms with E-state index in [1.54, 1.807) is 10.7 Å². The third kappa shape index (κ3) is 4.35. The molecule has 3 N–H and O–H groups in total. The minimum absolute atomic E-state index is 0.213. The standard InChI is InChI=1S/C10H17F3N4/c1-3-17-9(4-7(2)16-17)5-8(15-14)6-10(11,12)13/h4,8,15H,3,5-6,14H2,1-2H3. The van der Waals surface area contributed by atoms with E-state index in [9.17, 15) is 13.2 Å². The molecule has 0 amide bonds. The zero-order valence-corrected chi connectivity index (χ0v) is 9.88. The van der Waals surface area contributed by atoms with Crippen molar-refractivity contribution in [1.29, 1.82) is 0 Å². The van der Waals surface area contributed by atoms with Gasteiger partial charge in [0.1, 0.15) is 0 Å². The van der Waals surface area contributed by atoms with Crippen LogP contribution in [0, 0.1) is 6.92 Å². The summed E-state index contributed by atoms with van der Waals surface area (Å²) in [6.45, 7) is 4.33. The predicted octanol–water partition coefficient (Wildman–Crippen LogP) is 1.54. The lowest BCUT2D eigenvalue weighted by atomic mass is 10.1. The molecule has 0 fully saturated rings. The molecule has 98 valence electrons. The number of aromatic nitrogens is 2. The van der Waals surface area contributed by atoms with Gasteiger partial charge in [0.05, 0.1) is 12.1 Å². The average Bonchev–Trinajstić information content (AvgIpc) is 2.55. The van der Waals surface area contributed by atoms with Gasteiger partial charge in [-0.1, -0.05) is 0 Å². The zero-order valence-electron chi connectivity index (χ0n) is 9.88. The van der Waals surface area contributed by atoms with E-state index in [2.05, 4.69) is 10.5 Å². The maximum Gasteiger partial charge on any atom is 0.390 e. The largest absolute Gasteiger partial charge is 0.390 e. The number of nitrogens with one attached hydrogen (secondary N) is 1. The molecule has 1 aromatic heterocycles. The maximum absolute atomic E-state index is 12.3. The molecule has 0 aromatic carbocycles. The van der Waals surface area contributed by atoms with Gasteiger partial charge < -0.3 is 0 Å². The van der Waals surface area contributed by atoms with Crippen molar-refractivity contribution >= 4 is 0 Å². The van der Waals surface area contributed by atoms with E-state index in [1.807, 2.05) is 13.8 Å². The first-order valence-corrected chi connectivity index (χ1v) is 5.42. The molecular weight excluding hydrogens is 233 g/mol. The van der Waals surface area contributed by atoms with E-state index >= 15 is 0 Å². The van der Waals surface area contributed by atoms with Crippen molar-refractivity contribution in [1.82, 2.24) is 15.2 Å². The summed E-state index contributed by atoms with van der Waals surface area (Å²) < 4.78 is 38.5. The minimum Gasteiger partial charge on any atom is -0.271 e. The van der Waals surface area contributed by atoms with Crippen LogP contribution >= 0.6 is 0 Å². The number of nitrogens with two attached hydrogens (primary N) is 1. The Kier molecular flexibility index (Phi) is 4.53. The van der Waals surface area contributed by atoms with E-state index in [0.717, 1.165) is 11.4 Å². The van der Waals surface area contributed by atoms with Gasteiger partial charge in [0.15, 0.2) is 0 Å². The van der Waals surface area contributed by atoms with E-state index in [0.29, 0.717) is 6.54 Å². The summed E-state index contributed by atoms with van der Waals surface area (Å²) in [5.41, 5.74) is 3.76. The number of hydrazine groups is 1. The van der Waals surface area contributed by atoms with Crippen LogP contribution in [-0.2, 0) is 13.0 Å². The molecule has 1 unspecified atom stereocenters. The van der Waals surface area contributed by atoms with Crippen LogP contribution in [0.2, 0.25) is 0 Å². The Balaban J connectivity index is 2.73. The van der Waals surface area contributed by atoms with E-state index < -0.39 is 18.6 Å². The number of hydrogen-bond acceptors (Lipinski definition) is 3. The quantitative estimate of drug-likeness (QED) is 0.615. The molecule has 0 aliphatic heterocycles. The third-order valence-corrected chi connectivity index (χ3v) is 2.45. The molecule has 0 radical (unpaired) electrons. The smallest absolute Gasteiger partial charge is 0.271 e. The summed E-state index contributed by atoms with van der Waals surface area (Å²) in [5, 5.41) is 4.18. The van der Waals surface area contributed by atoms with Crippen LogP contribution in [-0.4, -0.2) is 22.0 Å². The molecule has 0 aliphatic carbocycles. The highest BCUT2D eigenvalue weighted by Crippen LogP contribution is 2.23. The van der Waals surface area contributed by atoms with Crippen molar-refractivity contribution in [3.63, 3.8) is 0 Å². The Morgan fingerprint density at radius 3 is 2.65 bits per heavy atom. The number of nitrogens with zero attached hydrogens (tertiary/aromatic N) is 2. The second-order valence-electron chi connectivity index (χ2n) is 3.98. The van der Waals surface area contributed by atoms with Crippen LogP contribution in [0.1, 0.15) is 24.7 Å². The van der Waals surface area contributed by atoms with Gasteiger partial charge in [-0.3, -0.25) is 16.0 Å². The number of rotatable bonds is 5. The molecule has 0 spiro atoms. The van der Waals surface area contributed by atoms with Crippen LogP contribution in [0.25, 0.3) is 0 Å². The molecular formula is C10H17F3N4. The topological polar surface area (TPSA) is 55.9 Å². The summed E-state index contributed by atoms with van der Waals surface area (Å²) in [6, 6.07) is 0.959. The van der Waals surface area contributed by atoms with E-state index in [1.165, 1.54) is 0 Å². The Labute approximate surface area is 97.9 Å². The molecule has 1 aromatic rings. The Bertz CT molecular complexity index is 359. The molecule has 0 aliphatic rings. The van der Waals surface area contributed by atoms with Gasteiger partial charge in [-0.2, -0.15) is 18.3 Å². The second-order valence-corrected chi connectivity index (χ2v) is 3.98. The number of aryl methyl sites for hydroxylation is 2. The van der Waals surface area contributed by atoms with Gasteiger partial charge in [-0.25, -0.2) is 0 Å². The highest BCUT2D eigenvalue weighted by atomic mass is 19.4. The first kappa shape index (κ1) is 14.0.